The lowest BCUT2D eigenvalue weighted by molar-refractivity contribution is -0.122. The summed E-state index contributed by atoms with van der Waals surface area (Å²) in [5.41, 5.74) is 1.50. The van der Waals surface area contributed by atoms with Gasteiger partial charge in [-0.1, -0.05) is 18.2 Å². The first kappa shape index (κ1) is 18.0. The maximum absolute atomic E-state index is 12.5. The molecule has 4 rings (SSSR count). The maximum atomic E-state index is 12.5. The molecule has 0 unspecified atom stereocenters. The van der Waals surface area contributed by atoms with E-state index in [-0.39, 0.29) is 23.9 Å². The lowest BCUT2D eigenvalue weighted by Gasteiger charge is -2.25. The molecule has 28 heavy (non-hydrogen) atoms. The molecule has 0 radical (unpaired) electrons. The van der Waals surface area contributed by atoms with E-state index in [1.54, 1.807) is 25.3 Å². The van der Waals surface area contributed by atoms with Crippen LogP contribution in [0, 0.1) is 5.92 Å². The summed E-state index contributed by atoms with van der Waals surface area (Å²) in [5.74, 6) is 1.55. The van der Waals surface area contributed by atoms with Gasteiger partial charge in [0.1, 0.15) is 18.0 Å². The van der Waals surface area contributed by atoms with Gasteiger partial charge in [-0.05, 0) is 30.2 Å². The third-order valence-corrected chi connectivity index (χ3v) is 4.89. The Morgan fingerprint density at radius 3 is 3.04 bits per heavy atom. The van der Waals surface area contributed by atoms with Crippen LogP contribution in [0.25, 0.3) is 10.9 Å². The molecule has 0 fully saturated rings. The number of aromatic nitrogens is 2. The standard InChI is InChI=1S/C21H21N3O4/c1-27-16-7-6-15-8-14(12-28-19(15)9-16)10-22-20(25)11-24-13-23-18-5-3-2-4-17(18)21(24)26/h2-7,9,13-14H,8,10-12H2,1H3,(H,22,25)/t14-/m0/s1. The highest BCUT2D eigenvalue weighted by molar-refractivity contribution is 5.78. The molecular weight excluding hydrogens is 358 g/mol. The monoisotopic (exact) mass is 379 g/mol. The van der Waals surface area contributed by atoms with Crippen LogP contribution in [0.15, 0.2) is 53.6 Å². The zero-order chi connectivity index (χ0) is 19.5. The smallest absolute Gasteiger partial charge is 0.261 e. The fraction of sp³-hybridized carbons (Fsp3) is 0.286. The Hall–Kier alpha value is -3.35. The van der Waals surface area contributed by atoms with Crippen LogP contribution in [0.5, 0.6) is 11.5 Å². The summed E-state index contributed by atoms with van der Waals surface area (Å²) in [6.45, 7) is 0.954. The van der Waals surface area contributed by atoms with Gasteiger partial charge in [-0.25, -0.2) is 4.98 Å². The van der Waals surface area contributed by atoms with Crippen molar-refractivity contribution in [2.75, 3.05) is 20.3 Å². The SMILES string of the molecule is COc1ccc2c(c1)OC[C@H](CNC(=O)Cn1cnc3ccccc3c1=O)C2. The highest BCUT2D eigenvalue weighted by Gasteiger charge is 2.21. The summed E-state index contributed by atoms with van der Waals surface area (Å²) in [5, 5.41) is 3.40. The molecule has 2 aromatic carbocycles. The van der Waals surface area contributed by atoms with E-state index >= 15 is 0 Å². The highest BCUT2D eigenvalue weighted by atomic mass is 16.5. The molecule has 7 nitrogen and oxygen atoms in total. The second-order valence-corrected chi connectivity index (χ2v) is 6.85. The van der Waals surface area contributed by atoms with Gasteiger partial charge in [0.2, 0.25) is 5.91 Å². The summed E-state index contributed by atoms with van der Waals surface area (Å²) in [6, 6.07) is 12.9. The van der Waals surface area contributed by atoms with E-state index in [9.17, 15) is 9.59 Å². The van der Waals surface area contributed by atoms with Crippen LogP contribution in [0.1, 0.15) is 5.56 Å². The van der Waals surface area contributed by atoms with Crippen molar-refractivity contribution in [3.05, 3.63) is 64.7 Å². The quantitative estimate of drug-likeness (QED) is 0.731. The Labute approximate surface area is 161 Å². The molecule has 3 aromatic rings. The van der Waals surface area contributed by atoms with E-state index in [2.05, 4.69) is 10.3 Å². The maximum Gasteiger partial charge on any atom is 0.261 e. The van der Waals surface area contributed by atoms with Gasteiger partial charge in [0.25, 0.3) is 5.56 Å². The topological polar surface area (TPSA) is 82.4 Å². The number of para-hydroxylation sites is 1. The van der Waals surface area contributed by atoms with Gasteiger partial charge in [0, 0.05) is 18.5 Å². The summed E-state index contributed by atoms with van der Waals surface area (Å²) in [4.78, 5) is 29.0. The molecule has 7 heteroatoms. The number of fused-ring (bicyclic) bond motifs is 2. The number of nitrogens with one attached hydrogen (secondary N) is 1. The van der Waals surface area contributed by atoms with Crippen LogP contribution in [0.2, 0.25) is 0 Å². The van der Waals surface area contributed by atoms with E-state index < -0.39 is 0 Å². The average molecular weight is 379 g/mol. The molecule has 0 saturated heterocycles. The van der Waals surface area contributed by atoms with Crippen molar-refractivity contribution in [1.29, 1.82) is 0 Å². The highest BCUT2D eigenvalue weighted by Crippen LogP contribution is 2.30. The van der Waals surface area contributed by atoms with Crippen molar-refractivity contribution in [3.63, 3.8) is 0 Å². The normalized spacial score (nSPS) is 15.5. The number of benzene rings is 2. The molecule has 1 amide bonds. The van der Waals surface area contributed by atoms with Crippen molar-refractivity contribution < 1.29 is 14.3 Å². The van der Waals surface area contributed by atoms with Gasteiger partial charge in [0.05, 0.1) is 30.9 Å². The number of hydrogen-bond acceptors (Lipinski definition) is 5. The zero-order valence-electron chi connectivity index (χ0n) is 15.6. The molecule has 1 aliphatic heterocycles. The third-order valence-electron chi connectivity index (χ3n) is 4.89. The first-order valence-corrected chi connectivity index (χ1v) is 9.14. The van der Waals surface area contributed by atoms with Gasteiger partial charge in [0.15, 0.2) is 0 Å². The minimum Gasteiger partial charge on any atom is -0.497 e. The fourth-order valence-corrected chi connectivity index (χ4v) is 3.36. The van der Waals surface area contributed by atoms with Crippen LogP contribution >= 0.6 is 0 Å². The minimum atomic E-state index is -0.222. The van der Waals surface area contributed by atoms with Gasteiger partial charge in [-0.2, -0.15) is 0 Å². The van der Waals surface area contributed by atoms with Crippen molar-refractivity contribution in [2.24, 2.45) is 5.92 Å². The fourth-order valence-electron chi connectivity index (χ4n) is 3.36. The van der Waals surface area contributed by atoms with Crippen molar-refractivity contribution in [3.8, 4) is 11.5 Å². The number of carbonyl (C=O) groups excluding carboxylic acids is 1. The number of rotatable bonds is 5. The molecule has 0 saturated carbocycles. The number of amides is 1. The van der Waals surface area contributed by atoms with Gasteiger partial charge in [-0.3, -0.25) is 14.2 Å². The van der Waals surface area contributed by atoms with Gasteiger partial charge >= 0.3 is 0 Å². The number of nitrogens with zero attached hydrogens (tertiary/aromatic N) is 2. The van der Waals surface area contributed by atoms with E-state index in [0.717, 1.165) is 23.5 Å². The summed E-state index contributed by atoms with van der Waals surface area (Å²) in [6.07, 6.45) is 2.23. The number of ether oxygens (including phenoxy) is 2. The molecule has 1 atom stereocenters. The Morgan fingerprint density at radius 2 is 2.18 bits per heavy atom. The molecular formula is C21H21N3O4. The molecule has 2 heterocycles. The van der Waals surface area contributed by atoms with Gasteiger partial charge < -0.3 is 14.8 Å². The number of methoxy groups -OCH3 is 1. The summed E-state index contributed by atoms with van der Waals surface area (Å²) < 4.78 is 12.3. The predicted octanol–water partition coefficient (Wildman–Crippen LogP) is 1.77. The minimum absolute atomic E-state index is 0.0575. The second-order valence-electron chi connectivity index (χ2n) is 6.85. The van der Waals surface area contributed by atoms with E-state index in [1.165, 1.54) is 10.9 Å². The summed E-state index contributed by atoms with van der Waals surface area (Å²) >= 11 is 0. The molecule has 1 aliphatic rings. The summed E-state index contributed by atoms with van der Waals surface area (Å²) in [7, 11) is 1.62. The lowest BCUT2D eigenvalue weighted by Crippen LogP contribution is -2.38. The number of carbonyl (C=O) groups is 1. The van der Waals surface area contributed by atoms with Crippen LogP contribution in [-0.4, -0.2) is 35.7 Å². The number of hydrogen-bond donors (Lipinski definition) is 1. The Morgan fingerprint density at radius 1 is 1.32 bits per heavy atom. The predicted molar refractivity (Wildman–Crippen MR) is 105 cm³/mol. The van der Waals surface area contributed by atoms with E-state index in [0.29, 0.717) is 24.1 Å². The van der Waals surface area contributed by atoms with Gasteiger partial charge in [-0.15, -0.1) is 0 Å². The van der Waals surface area contributed by atoms with Crippen molar-refractivity contribution in [2.45, 2.75) is 13.0 Å². The van der Waals surface area contributed by atoms with Crippen LogP contribution < -0.4 is 20.3 Å². The van der Waals surface area contributed by atoms with Crippen LogP contribution in [0.3, 0.4) is 0 Å². The van der Waals surface area contributed by atoms with Crippen molar-refractivity contribution in [1.82, 2.24) is 14.9 Å². The molecule has 0 bridgehead atoms. The third kappa shape index (κ3) is 3.69. The molecule has 0 aliphatic carbocycles. The van der Waals surface area contributed by atoms with Crippen LogP contribution in [-0.2, 0) is 17.8 Å². The van der Waals surface area contributed by atoms with Crippen molar-refractivity contribution >= 4 is 16.8 Å². The first-order valence-electron chi connectivity index (χ1n) is 9.14. The second kappa shape index (κ2) is 7.72. The average Bonchev–Trinajstić information content (AvgIpc) is 2.74. The molecule has 144 valence electrons. The molecule has 1 aromatic heterocycles. The van der Waals surface area contributed by atoms with E-state index in [4.69, 9.17) is 9.47 Å². The Kier molecular flexibility index (Phi) is 4.97. The Bertz CT molecular complexity index is 1080. The van der Waals surface area contributed by atoms with E-state index in [1.807, 2.05) is 24.3 Å². The zero-order valence-corrected chi connectivity index (χ0v) is 15.6. The largest absolute Gasteiger partial charge is 0.497 e. The Balaban J connectivity index is 1.36. The lowest BCUT2D eigenvalue weighted by atomic mass is 9.96. The molecule has 0 spiro atoms. The molecule has 1 N–H and O–H groups in total. The van der Waals surface area contributed by atoms with Crippen LogP contribution in [0.4, 0.5) is 0 Å². The first-order chi connectivity index (χ1) is 13.6.